The Morgan fingerprint density at radius 1 is 0.935 bits per heavy atom. The van der Waals surface area contributed by atoms with Crippen molar-refractivity contribution in [1.82, 2.24) is 25.6 Å². The molecule has 152 valence electrons. The van der Waals surface area contributed by atoms with Gasteiger partial charge in [-0.15, -0.1) is 10.2 Å². The Morgan fingerprint density at radius 3 is 2.55 bits per heavy atom. The average molecular weight is 408 g/mol. The number of hydrogen-bond acceptors (Lipinski definition) is 5. The summed E-state index contributed by atoms with van der Waals surface area (Å²) in [5, 5.41) is 17.0. The summed E-state index contributed by atoms with van der Waals surface area (Å²) < 4.78 is 0. The maximum Gasteiger partial charge on any atom is 0.271 e. The first-order valence-corrected chi connectivity index (χ1v) is 10.1. The molecule has 0 saturated heterocycles. The molecule has 1 N–H and O–H groups in total. The number of tetrazole rings is 1. The highest BCUT2D eigenvalue weighted by molar-refractivity contribution is 6.05. The van der Waals surface area contributed by atoms with Gasteiger partial charge in [0.25, 0.3) is 5.91 Å². The molecule has 0 atom stereocenters. The second-order valence-electron chi connectivity index (χ2n) is 7.36. The number of hydrogen-bond donors (Lipinski definition) is 1. The monoisotopic (exact) mass is 408 g/mol. The predicted octanol–water partition coefficient (Wildman–Crippen LogP) is 3.47. The largest absolute Gasteiger partial charge is 0.271 e. The molecular formula is C24H20N6O. The second-order valence-corrected chi connectivity index (χ2v) is 7.36. The Balaban J connectivity index is 1.23. The maximum atomic E-state index is 12.5. The fraction of sp³-hybridized carbons (Fsp3) is 0.125. The second kappa shape index (κ2) is 8.31. The van der Waals surface area contributed by atoms with E-state index in [1.807, 2.05) is 60.7 Å². The normalized spacial score (nSPS) is 13.9. The van der Waals surface area contributed by atoms with Crippen LogP contribution in [0, 0.1) is 0 Å². The average Bonchev–Trinajstić information content (AvgIpc) is 3.46. The number of rotatable bonds is 5. The minimum absolute atomic E-state index is 0.228. The smallest absolute Gasteiger partial charge is 0.267 e. The topological polar surface area (TPSA) is 85.1 Å². The van der Waals surface area contributed by atoms with Crippen LogP contribution in [-0.2, 0) is 13.0 Å². The first-order valence-electron chi connectivity index (χ1n) is 10.1. The molecule has 0 radical (unpaired) electrons. The molecule has 3 aromatic carbocycles. The summed E-state index contributed by atoms with van der Waals surface area (Å²) in [7, 11) is 0. The van der Waals surface area contributed by atoms with Crippen molar-refractivity contribution in [2.75, 3.05) is 0 Å². The van der Waals surface area contributed by atoms with Gasteiger partial charge in [0.1, 0.15) is 0 Å². The molecule has 0 aliphatic heterocycles. The Bertz CT molecular complexity index is 1240. The number of fused-ring (bicyclic) bond motifs is 1. The summed E-state index contributed by atoms with van der Waals surface area (Å²) >= 11 is 0. The highest BCUT2D eigenvalue weighted by atomic mass is 16.2. The van der Waals surface area contributed by atoms with Crippen molar-refractivity contribution in [3.8, 4) is 11.4 Å². The maximum absolute atomic E-state index is 12.5. The van der Waals surface area contributed by atoms with E-state index in [-0.39, 0.29) is 5.91 Å². The number of aryl methyl sites for hydroxylation is 1. The molecule has 1 aliphatic rings. The summed E-state index contributed by atoms with van der Waals surface area (Å²) in [6.45, 7) is 0.473. The van der Waals surface area contributed by atoms with Crippen molar-refractivity contribution in [3.63, 3.8) is 0 Å². The van der Waals surface area contributed by atoms with Crippen LogP contribution in [0.15, 0.2) is 84.0 Å². The van der Waals surface area contributed by atoms with Crippen molar-refractivity contribution in [2.45, 2.75) is 19.4 Å². The van der Waals surface area contributed by atoms with Gasteiger partial charge < -0.3 is 0 Å². The lowest BCUT2D eigenvalue weighted by Gasteiger charge is -2.04. The molecule has 7 heteroatoms. The fourth-order valence-corrected chi connectivity index (χ4v) is 3.64. The van der Waals surface area contributed by atoms with Gasteiger partial charge in [0.05, 0.1) is 12.3 Å². The Morgan fingerprint density at radius 2 is 1.71 bits per heavy atom. The van der Waals surface area contributed by atoms with E-state index in [2.05, 4.69) is 32.0 Å². The van der Waals surface area contributed by atoms with Crippen LogP contribution in [0.2, 0.25) is 0 Å². The van der Waals surface area contributed by atoms with E-state index in [0.717, 1.165) is 35.2 Å². The Hall–Kier alpha value is -4.13. The molecule has 0 bridgehead atoms. The third-order valence-corrected chi connectivity index (χ3v) is 5.28. The van der Waals surface area contributed by atoms with Crippen molar-refractivity contribution in [2.24, 2.45) is 5.10 Å². The Kier molecular flexibility index (Phi) is 5.06. The lowest BCUT2D eigenvalue weighted by atomic mass is 10.1. The summed E-state index contributed by atoms with van der Waals surface area (Å²) in [6.07, 6.45) is 1.80. The molecule has 0 fully saturated rings. The molecule has 1 amide bonds. The van der Waals surface area contributed by atoms with Crippen LogP contribution < -0.4 is 5.43 Å². The minimum atomic E-state index is -0.228. The quantitative estimate of drug-likeness (QED) is 0.513. The van der Waals surface area contributed by atoms with Gasteiger partial charge in [-0.2, -0.15) is 9.90 Å². The lowest BCUT2D eigenvalue weighted by molar-refractivity contribution is 0.0955. The molecular weight excluding hydrogens is 388 g/mol. The highest BCUT2D eigenvalue weighted by Crippen LogP contribution is 2.21. The van der Waals surface area contributed by atoms with Crippen molar-refractivity contribution >= 4 is 11.6 Å². The van der Waals surface area contributed by atoms with Crippen molar-refractivity contribution in [1.29, 1.82) is 0 Å². The van der Waals surface area contributed by atoms with E-state index >= 15 is 0 Å². The molecule has 1 aliphatic carbocycles. The lowest BCUT2D eigenvalue weighted by Crippen LogP contribution is -2.19. The van der Waals surface area contributed by atoms with Gasteiger partial charge in [-0.25, -0.2) is 5.43 Å². The summed E-state index contributed by atoms with van der Waals surface area (Å²) in [5.41, 5.74) is 8.45. The van der Waals surface area contributed by atoms with E-state index in [4.69, 9.17) is 0 Å². The SMILES string of the molecule is O=C(N/N=C1\CCc2ccccc21)c1ccc(Cn2nnc(-c3ccccc3)n2)cc1. The van der Waals surface area contributed by atoms with Crippen molar-refractivity contribution in [3.05, 3.63) is 101 Å². The highest BCUT2D eigenvalue weighted by Gasteiger charge is 2.17. The van der Waals surface area contributed by atoms with Gasteiger partial charge in [0, 0.05) is 16.7 Å². The number of nitrogens with zero attached hydrogens (tertiary/aromatic N) is 5. The van der Waals surface area contributed by atoms with Crippen LogP contribution in [0.3, 0.4) is 0 Å². The molecule has 1 heterocycles. The van der Waals surface area contributed by atoms with E-state index < -0.39 is 0 Å². The third-order valence-electron chi connectivity index (χ3n) is 5.28. The van der Waals surface area contributed by atoms with Crippen molar-refractivity contribution < 1.29 is 4.79 Å². The third kappa shape index (κ3) is 4.11. The van der Waals surface area contributed by atoms with Crippen LogP contribution in [-0.4, -0.2) is 31.8 Å². The van der Waals surface area contributed by atoms with Gasteiger partial charge in [-0.1, -0.05) is 66.7 Å². The number of nitrogens with one attached hydrogen (secondary N) is 1. The minimum Gasteiger partial charge on any atom is -0.267 e. The number of benzene rings is 3. The molecule has 5 rings (SSSR count). The van der Waals surface area contributed by atoms with E-state index in [0.29, 0.717) is 17.9 Å². The van der Waals surface area contributed by atoms with E-state index in [9.17, 15) is 4.79 Å². The van der Waals surface area contributed by atoms with Crippen LogP contribution in [0.5, 0.6) is 0 Å². The van der Waals surface area contributed by atoms with Crippen LogP contribution >= 0.6 is 0 Å². The number of hydrazone groups is 1. The van der Waals surface area contributed by atoms with Gasteiger partial charge in [-0.3, -0.25) is 4.79 Å². The van der Waals surface area contributed by atoms with Crippen LogP contribution in [0.25, 0.3) is 11.4 Å². The van der Waals surface area contributed by atoms with Gasteiger partial charge in [-0.05, 0) is 41.3 Å². The molecule has 0 saturated carbocycles. The standard InChI is InChI=1S/C24H20N6O/c31-24(27-25-22-15-14-18-6-4-5-9-21(18)22)20-12-10-17(11-13-20)16-30-28-23(26-29-30)19-7-2-1-3-8-19/h1-13H,14-16H2,(H,27,31)/b25-22+. The zero-order valence-corrected chi connectivity index (χ0v) is 16.8. The molecule has 0 spiro atoms. The Labute approximate surface area is 179 Å². The predicted molar refractivity (Wildman–Crippen MR) is 118 cm³/mol. The molecule has 4 aromatic rings. The summed E-state index contributed by atoms with van der Waals surface area (Å²) in [5.74, 6) is 0.359. The molecule has 0 unspecified atom stereocenters. The first kappa shape index (κ1) is 18.9. The van der Waals surface area contributed by atoms with Gasteiger partial charge in [0.2, 0.25) is 5.82 Å². The fourth-order valence-electron chi connectivity index (χ4n) is 3.64. The first-order chi connectivity index (χ1) is 15.3. The number of carbonyl (C=O) groups is 1. The molecule has 1 aromatic heterocycles. The van der Waals surface area contributed by atoms with Crippen LogP contribution in [0.4, 0.5) is 0 Å². The zero-order chi connectivity index (χ0) is 21.0. The summed E-state index contributed by atoms with van der Waals surface area (Å²) in [4.78, 5) is 14.0. The van der Waals surface area contributed by atoms with Gasteiger partial charge in [0.15, 0.2) is 0 Å². The number of amides is 1. The van der Waals surface area contributed by atoms with E-state index in [1.165, 1.54) is 5.56 Å². The van der Waals surface area contributed by atoms with Gasteiger partial charge >= 0.3 is 0 Å². The zero-order valence-electron chi connectivity index (χ0n) is 16.8. The van der Waals surface area contributed by atoms with E-state index in [1.54, 1.807) is 16.9 Å². The summed E-state index contributed by atoms with van der Waals surface area (Å²) in [6, 6.07) is 25.2. The molecule has 31 heavy (non-hydrogen) atoms. The number of aromatic nitrogens is 4. The van der Waals surface area contributed by atoms with Crippen LogP contribution in [0.1, 0.15) is 33.5 Å². The molecule has 7 nitrogen and oxygen atoms in total. The number of carbonyl (C=O) groups excluding carboxylic acids is 1.